The highest BCUT2D eigenvalue weighted by Crippen LogP contribution is 2.13. The van der Waals surface area contributed by atoms with Gasteiger partial charge in [0.15, 0.2) is 0 Å². The van der Waals surface area contributed by atoms with Gasteiger partial charge in [-0.1, -0.05) is 12.1 Å². The number of aromatic nitrogens is 1. The van der Waals surface area contributed by atoms with Crippen LogP contribution in [0.1, 0.15) is 16.3 Å². The van der Waals surface area contributed by atoms with Crippen molar-refractivity contribution in [1.82, 2.24) is 4.98 Å². The molecule has 0 unspecified atom stereocenters. The molecule has 1 heterocycles. The van der Waals surface area contributed by atoms with Crippen LogP contribution in [0.25, 0.3) is 0 Å². The second-order valence-electron chi connectivity index (χ2n) is 3.92. The third-order valence-electron chi connectivity index (χ3n) is 2.36. The molecule has 0 atom stereocenters. The van der Waals surface area contributed by atoms with Crippen molar-refractivity contribution in [2.45, 2.75) is 19.8 Å². The van der Waals surface area contributed by atoms with Gasteiger partial charge < -0.3 is 5.11 Å². The molecule has 0 saturated carbocycles. The molecule has 1 N–H and O–H groups in total. The molecule has 1 aromatic heterocycles. The van der Waals surface area contributed by atoms with Crippen LogP contribution in [0.5, 0.6) is 5.75 Å². The molecule has 0 aliphatic heterocycles. The molecular formula is C13H13NO2S. The molecule has 3 nitrogen and oxygen atoms in total. The molecule has 0 fully saturated rings. The first-order chi connectivity index (χ1) is 8.13. The minimum atomic E-state index is 0.112. The SMILES string of the molecule is Cc1nc(CC(=O)Cc2cccc(O)c2)cs1. The number of thiazole rings is 1. The highest BCUT2D eigenvalue weighted by Gasteiger charge is 2.08. The van der Waals surface area contributed by atoms with Crippen molar-refractivity contribution in [1.29, 1.82) is 0 Å². The summed E-state index contributed by atoms with van der Waals surface area (Å²) in [5, 5.41) is 12.2. The maximum absolute atomic E-state index is 11.8. The molecule has 0 saturated heterocycles. The van der Waals surface area contributed by atoms with Gasteiger partial charge >= 0.3 is 0 Å². The van der Waals surface area contributed by atoms with E-state index in [9.17, 15) is 9.90 Å². The molecule has 0 amide bonds. The number of hydrogen-bond donors (Lipinski definition) is 1. The Labute approximate surface area is 104 Å². The second kappa shape index (κ2) is 5.10. The molecule has 0 aliphatic carbocycles. The molecule has 0 bridgehead atoms. The molecule has 0 aliphatic rings. The third-order valence-corrected chi connectivity index (χ3v) is 3.18. The van der Waals surface area contributed by atoms with Crippen LogP contribution in [-0.2, 0) is 17.6 Å². The summed E-state index contributed by atoms with van der Waals surface area (Å²) in [6.45, 7) is 1.92. The van der Waals surface area contributed by atoms with Crippen LogP contribution in [0.3, 0.4) is 0 Å². The third kappa shape index (κ3) is 3.39. The van der Waals surface area contributed by atoms with Crippen molar-refractivity contribution in [3.05, 3.63) is 45.9 Å². The highest BCUT2D eigenvalue weighted by atomic mass is 32.1. The van der Waals surface area contributed by atoms with Gasteiger partial charge in [-0.3, -0.25) is 4.79 Å². The van der Waals surface area contributed by atoms with Gasteiger partial charge in [0.05, 0.1) is 10.7 Å². The van der Waals surface area contributed by atoms with Crippen LogP contribution < -0.4 is 0 Å². The van der Waals surface area contributed by atoms with Gasteiger partial charge in [0.25, 0.3) is 0 Å². The Kier molecular flexibility index (Phi) is 3.54. The molecule has 0 spiro atoms. The average Bonchev–Trinajstić information content (AvgIpc) is 2.63. The van der Waals surface area contributed by atoms with E-state index < -0.39 is 0 Å². The van der Waals surface area contributed by atoms with Gasteiger partial charge in [-0.2, -0.15) is 0 Å². The number of Topliss-reactive ketones (excluding diaryl/α,β-unsaturated/α-hetero) is 1. The Bertz CT molecular complexity index is 534. The lowest BCUT2D eigenvalue weighted by atomic mass is 10.1. The summed E-state index contributed by atoms with van der Waals surface area (Å²) >= 11 is 1.55. The van der Waals surface area contributed by atoms with Gasteiger partial charge in [0.2, 0.25) is 0 Å². The van der Waals surface area contributed by atoms with Gasteiger partial charge in [0, 0.05) is 18.2 Å². The number of phenolic OH excluding ortho intramolecular Hbond substituents is 1. The minimum absolute atomic E-state index is 0.112. The first-order valence-corrected chi connectivity index (χ1v) is 6.22. The van der Waals surface area contributed by atoms with E-state index in [4.69, 9.17) is 0 Å². The van der Waals surface area contributed by atoms with E-state index in [1.807, 2.05) is 18.4 Å². The first kappa shape index (κ1) is 11.8. The molecule has 1 aromatic carbocycles. The zero-order valence-corrected chi connectivity index (χ0v) is 10.3. The minimum Gasteiger partial charge on any atom is -0.508 e. The molecule has 2 aromatic rings. The normalized spacial score (nSPS) is 10.4. The fourth-order valence-electron chi connectivity index (χ4n) is 1.65. The van der Waals surface area contributed by atoms with Crippen molar-refractivity contribution in [3.8, 4) is 5.75 Å². The Hall–Kier alpha value is -1.68. The summed E-state index contributed by atoms with van der Waals surface area (Å²) in [5.41, 5.74) is 1.67. The van der Waals surface area contributed by atoms with Crippen molar-refractivity contribution in [2.75, 3.05) is 0 Å². The number of carbonyl (C=O) groups is 1. The zero-order chi connectivity index (χ0) is 12.3. The van der Waals surface area contributed by atoms with Crippen molar-refractivity contribution in [2.24, 2.45) is 0 Å². The molecule has 4 heteroatoms. The summed E-state index contributed by atoms with van der Waals surface area (Å²) < 4.78 is 0. The zero-order valence-electron chi connectivity index (χ0n) is 9.51. The fourth-order valence-corrected chi connectivity index (χ4v) is 2.26. The van der Waals surface area contributed by atoms with Crippen molar-refractivity contribution >= 4 is 17.1 Å². The molecule has 2 rings (SSSR count). The van der Waals surface area contributed by atoms with Gasteiger partial charge in [-0.15, -0.1) is 11.3 Å². The number of aryl methyl sites for hydroxylation is 1. The first-order valence-electron chi connectivity index (χ1n) is 5.34. The predicted octanol–water partition coefficient (Wildman–Crippen LogP) is 2.51. The monoisotopic (exact) mass is 247 g/mol. The van der Waals surface area contributed by atoms with E-state index in [1.165, 1.54) is 0 Å². The van der Waals surface area contributed by atoms with Crippen LogP contribution in [0.2, 0.25) is 0 Å². The molecule has 17 heavy (non-hydrogen) atoms. The summed E-state index contributed by atoms with van der Waals surface area (Å²) in [6, 6.07) is 6.79. The second-order valence-corrected chi connectivity index (χ2v) is 4.98. The fraction of sp³-hybridized carbons (Fsp3) is 0.231. The number of rotatable bonds is 4. The van der Waals surface area contributed by atoms with Crippen LogP contribution in [0, 0.1) is 6.92 Å². The predicted molar refractivity (Wildman–Crippen MR) is 67.4 cm³/mol. The summed E-state index contributed by atoms with van der Waals surface area (Å²) in [7, 11) is 0. The average molecular weight is 247 g/mol. The Balaban J connectivity index is 1.98. The van der Waals surface area contributed by atoms with Gasteiger partial charge in [-0.05, 0) is 24.6 Å². The van der Waals surface area contributed by atoms with E-state index in [-0.39, 0.29) is 11.5 Å². The van der Waals surface area contributed by atoms with Gasteiger partial charge in [-0.25, -0.2) is 4.98 Å². The van der Waals surface area contributed by atoms with Crippen LogP contribution in [0.15, 0.2) is 29.6 Å². The number of aromatic hydroxyl groups is 1. The summed E-state index contributed by atoms with van der Waals surface area (Å²) in [4.78, 5) is 16.0. The summed E-state index contributed by atoms with van der Waals surface area (Å²) in [5.74, 6) is 0.306. The molecular weight excluding hydrogens is 234 g/mol. The van der Waals surface area contributed by atoms with Crippen molar-refractivity contribution < 1.29 is 9.90 Å². The summed E-state index contributed by atoms with van der Waals surface area (Å²) in [6.07, 6.45) is 0.699. The molecule has 0 radical (unpaired) electrons. The van der Waals surface area contributed by atoms with E-state index in [0.29, 0.717) is 12.8 Å². The molecule has 88 valence electrons. The largest absolute Gasteiger partial charge is 0.508 e. The topological polar surface area (TPSA) is 50.2 Å². The van der Waals surface area contributed by atoms with E-state index in [1.54, 1.807) is 29.5 Å². The number of ketones is 1. The van der Waals surface area contributed by atoms with E-state index >= 15 is 0 Å². The number of phenols is 1. The number of hydrogen-bond acceptors (Lipinski definition) is 4. The maximum atomic E-state index is 11.8. The highest BCUT2D eigenvalue weighted by molar-refractivity contribution is 7.09. The van der Waals surface area contributed by atoms with Gasteiger partial charge in [0.1, 0.15) is 11.5 Å². The Morgan fingerprint density at radius 2 is 2.24 bits per heavy atom. The van der Waals surface area contributed by atoms with Crippen LogP contribution >= 0.6 is 11.3 Å². The lowest BCUT2D eigenvalue weighted by molar-refractivity contribution is -0.117. The smallest absolute Gasteiger partial charge is 0.143 e. The Morgan fingerprint density at radius 3 is 2.88 bits per heavy atom. The number of nitrogens with zero attached hydrogens (tertiary/aromatic N) is 1. The Morgan fingerprint density at radius 1 is 1.41 bits per heavy atom. The maximum Gasteiger partial charge on any atom is 0.143 e. The van der Waals surface area contributed by atoms with Crippen LogP contribution in [-0.4, -0.2) is 15.9 Å². The van der Waals surface area contributed by atoms with E-state index in [2.05, 4.69) is 4.98 Å². The number of carbonyl (C=O) groups excluding carboxylic acids is 1. The standard InChI is InChI=1S/C13H13NO2S/c1-9-14-11(8-17-9)7-13(16)6-10-3-2-4-12(15)5-10/h2-5,8,15H,6-7H2,1H3. The van der Waals surface area contributed by atoms with E-state index in [0.717, 1.165) is 16.3 Å². The number of benzene rings is 1. The van der Waals surface area contributed by atoms with Crippen LogP contribution in [0.4, 0.5) is 0 Å². The lowest BCUT2D eigenvalue weighted by Gasteiger charge is -2.00. The van der Waals surface area contributed by atoms with Crippen molar-refractivity contribution in [3.63, 3.8) is 0 Å². The quantitative estimate of drug-likeness (QED) is 0.903. The lowest BCUT2D eigenvalue weighted by Crippen LogP contribution is -2.06.